The fourth-order valence-corrected chi connectivity index (χ4v) is 1.13. The molecule has 0 radical (unpaired) electrons. The summed E-state index contributed by atoms with van der Waals surface area (Å²) in [5, 5.41) is 3.37. The molecule has 0 unspecified atom stereocenters. The second kappa shape index (κ2) is 6.23. The Hall–Kier alpha value is 0.500. The lowest BCUT2D eigenvalue weighted by Gasteiger charge is -2.28. The van der Waals surface area contributed by atoms with Gasteiger partial charge in [0.2, 0.25) is 0 Å². The maximum atomic E-state index is 3.37. The highest BCUT2D eigenvalue weighted by molar-refractivity contribution is 5.85. The molecule has 1 fully saturated rings. The van der Waals surface area contributed by atoms with Crippen molar-refractivity contribution < 1.29 is 0 Å². The third kappa shape index (κ3) is 4.34. The van der Waals surface area contributed by atoms with Gasteiger partial charge in [0.25, 0.3) is 0 Å². The van der Waals surface area contributed by atoms with Crippen molar-refractivity contribution in [3.05, 3.63) is 0 Å². The molecule has 1 N–H and O–H groups in total. The van der Waals surface area contributed by atoms with E-state index in [0.717, 1.165) is 6.54 Å². The summed E-state index contributed by atoms with van der Waals surface area (Å²) in [5.41, 5.74) is 0. The maximum absolute atomic E-state index is 3.37. The molecule has 0 spiro atoms. The first-order chi connectivity index (χ1) is 3.79. The van der Waals surface area contributed by atoms with Gasteiger partial charge in [-0.15, -0.1) is 24.8 Å². The maximum Gasteiger partial charge on any atom is 0.0167 e. The highest BCUT2D eigenvalue weighted by Gasteiger charge is 2.09. The van der Waals surface area contributed by atoms with E-state index in [9.17, 15) is 0 Å². The quantitative estimate of drug-likeness (QED) is 0.602. The number of rotatable bonds is 0. The number of nitrogens with zero attached hydrogens (tertiary/aromatic N) is 1. The van der Waals surface area contributed by atoms with Crippen LogP contribution in [0.5, 0.6) is 0 Å². The predicted molar refractivity (Wildman–Crippen MR) is 49.5 cm³/mol. The monoisotopic (exact) mass is 186 g/mol. The van der Waals surface area contributed by atoms with Crippen LogP contribution in [0.25, 0.3) is 0 Å². The molecular weight excluding hydrogens is 171 g/mol. The van der Waals surface area contributed by atoms with Crippen LogP contribution in [0, 0.1) is 0 Å². The van der Waals surface area contributed by atoms with Gasteiger partial charge in [-0.25, -0.2) is 0 Å². The summed E-state index contributed by atoms with van der Waals surface area (Å²) in [6.07, 6.45) is 0. The minimum atomic E-state index is 0. The van der Waals surface area contributed by atoms with Crippen LogP contribution in [0.4, 0.5) is 0 Å². The molecule has 1 atom stereocenters. The van der Waals surface area contributed by atoms with Gasteiger partial charge in [0.15, 0.2) is 0 Å². The zero-order valence-corrected chi connectivity index (χ0v) is 8.10. The normalized spacial score (nSPS) is 26.4. The van der Waals surface area contributed by atoms with Crippen LogP contribution in [0.1, 0.15) is 6.92 Å². The van der Waals surface area contributed by atoms with E-state index in [0.29, 0.717) is 6.04 Å². The van der Waals surface area contributed by atoms with Crippen molar-refractivity contribution in [2.24, 2.45) is 0 Å². The first-order valence-corrected chi connectivity index (χ1v) is 3.21. The van der Waals surface area contributed by atoms with E-state index < -0.39 is 0 Å². The zero-order valence-electron chi connectivity index (χ0n) is 6.46. The van der Waals surface area contributed by atoms with Crippen LogP contribution in [0.15, 0.2) is 0 Å². The van der Waals surface area contributed by atoms with Gasteiger partial charge in [-0.2, -0.15) is 0 Å². The molecule has 0 amide bonds. The Bertz CT molecular complexity index is 72.1. The van der Waals surface area contributed by atoms with Crippen LogP contribution in [-0.2, 0) is 0 Å². The van der Waals surface area contributed by atoms with E-state index in [4.69, 9.17) is 0 Å². The van der Waals surface area contributed by atoms with E-state index in [-0.39, 0.29) is 24.8 Å². The van der Waals surface area contributed by atoms with Crippen molar-refractivity contribution in [3.63, 3.8) is 0 Å². The Labute approximate surface area is 75.2 Å². The molecule has 1 rings (SSSR count). The molecule has 0 bridgehead atoms. The third-order valence-electron chi connectivity index (χ3n) is 1.57. The summed E-state index contributed by atoms with van der Waals surface area (Å²) in [4.78, 5) is 2.35. The number of likely N-dealkylation sites (N-methyl/N-ethyl adjacent to an activating group) is 1. The lowest BCUT2D eigenvalue weighted by atomic mass is 10.2. The molecule has 1 saturated heterocycles. The van der Waals surface area contributed by atoms with Crippen LogP contribution in [0.2, 0.25) is 0 Å². The van der Waals surface area contributed by atoms with Crippen LogP contribution in [0.3, 0.4) is 0 Å². The Morgan fingerprint density at radius 2 is 2.00 bits per heavy atom. The van der Waals surface area contributed by atoms with Crippen LogP contribution in [-0.4, -0.2) is 37.6 Å². The molecule has 0 aromatic carbocycles. The van der Waals surface area contributed by atoms with Crippen molar-refractivity contribution in [2.45, 2.75) is 13.0 Å². The molecule has 0 aromatic rings. The van der Waals surface area contributed by atoms with Gasteiger partial charge in [0, 0.05) is 25.7 Å². The largest absolute Gasteiger partial charge is 0.312 e. The highest BCUT2D eigenvalue weighted by atomic mass is 35.5. The summed E-state index contributed by atoms with van der Waals surface area (Å²) >= 11 is 0. The summed E-state index contributed by atoms with van der Waals surface area (Å²) < 4.78 is 0. The van der Waals surface area contributed by atoms with Gasteiger partial charge in [0.1, 0.15) is 0 Å². The van der Waals surface area contributed by atoms with Crippen molar-refractivity contribution in [1.29, 1.82) is 0 Å². The Balaban J connectivity index is 0. The molecule has 0 saturated carbocycles. The Morgan fingerprint density at radius 3 is 2.30 bits per heavy atom. The Kier molecular flexibility index (Phi) is 8.17. The van der Waals surface area contributed by atoms with Gasteiger partial charge in [0.05, 0.1) is 0 Å². The fourth-order valence-electron chi connectivity index (χ4n) is 1.13. The van der Waals surface area contributed by atoms with Gasteiger partial charge in [-0.3, -0.25) is 0 Å². The molecule has 1 aliphatic heterocycles. The predicted octanol–water partition coefficient (Wildman–Crippen LogP) is 0.753. The van der Waals surface area contributed by atoms with Crippen molar-refractivity contribution >= 4 is 24.8 Å². The molecule has 64 valence electrons. The second-order valence-corrected chi connectivity index (χ2v) is 2.62. The third-order valence-corrected chi connectivity index (χ3v) is 1.57. The van der Waals surface area contributed by atoms with Crippen molar-refractivity contribution in [1.82, 2.24) is 10.2 Å². The SMILES string of the molecule is C[C@H]1CN(C)CCN1.Cl.Cl. The van der Waals surface area contributed by atoms with Gasteiger partial charge < -0.3 is 10.2 Å². The molecule has 1 aliphatic rings. The van der Waals surface area contributed by atoms with Gasteiger partial charge in [-0.05, 0) is 14.0 Å². The minimum absolute atomic E-state index is 0. The van der Waals surface area contributed by atoms with E-state index >= 15 is 0 Å². The highest BCUT2D eigenvalue weighted by Crippen LogP contribution is 1.92. The fraction of sp³-hybridized carbons (Fsp3) is 1.00. The summed E-state index contributed by atoms with van der Waals surface area (Å²) in [6.45, 7) is 5.76. The molecule has 0 aromatic heterocycles. The molecular formula is C6H16Cl2N2. The van der Waals surface area contributed by atoms with E-state index in [1.54, 1.807) is 0 Å². The molecule has 2 nitrogen and oxygen atoms in total. The average Bonchev–Trinajstić information content (AvgIpc) is 1.64. The van der Waals surface area contributed by atoms with E-state index in [1.807, 2.05) is 0 Å². The Morgan fingerprint density at radius 1 is 1.40 bits per heavy atom. The van der Waals surface area contributed by atoms with E-state index in [1.165, 1.54) is 13.1 Å². The number of hydrogen-bond acceptors (Lipinski definition) is 2. The first-order valence-electron chi connectivity index (χ1n) is 3.21. The smallest absolute Gasteiger partial charge is 0.0167 e. The van der Waals surface area contributed by atoms with Crippen molar-refractivity contribution in [2.75, 3.05) is 26.7 Å². The lowest BCUT2D eigenvalue weighted by molar-refractivity contribution is 0.248. The average molecular weight is 187 g/mol. The summed E-state index contributed by atoms with van der Waals surface area (Å²) in [7, 11) is 2.16. The molecule has 10 heavy (non-hydrogen) atoms. The number of piperazine rings is 1. The second-order valence-electron chi connectivity index (χ2n) is 2.62. The number of hydrogen-bond donors (Lipinski definition) is 1. The lowest BCUT2D eigenvalue weighted by Crippen LogP contribution is -2.47. The molecule has 0 aliphatic carbocycles. The van der Waals surface area contributed by atoms with Crippen molar-refractivity contribution in [3.8, 4) is 0 Å². The standard InChI is InChI=1S/C6H14N2.2ClH/c1-6-5-8(2)4-3-7-6;;/h6-7H,3-5H2,1-2H3;2*1H/t6-;;/m0../s1. The number of nitrogens with one attached hydrogen (secondary N) is 1. The first kappa shape index (κ1) is 13.1. The summed E-state index contributed by atoms with van der Waals surface area (Å²) in [5.74, 6) is 0. The zero-order chi connectivity index (χ0) is 5.98. The molecule has 4 heteroatoms. The van der Waals surface area contributed by atoms with E-state index in [2.05, 4.69) is 24.2 Å². The van der Waals surface area contributed by atoms with Crippen LogP contribution < -0.4 is 5.32 Å². The summed E-state index contributed by atoms with van der Waals surface area (Å²) in [6, 6.07) is 0.689. The molecule has 1 heterocycles. The van der Waals surface area contributed by atoms with Gasteiger partial charge in [-0.1, -0.05) is 0 Å². The van der Waals surface area contributed by atoms with Gasteiger partial charge >= 0.3 is 0 Å². The number of halogens is 2. The van der Waals surface area contributed by atoms with Crippen LogP contribution >= 0.6 is 24.8 Å². The topological polar surface area (TPSA) is 15.3 Å². The minimum Gasteiger partial charge on any atom is -0.312 e.